The van der Waals surface area contributed by atoms with Crippen molar-refractivity contribution < 1.29 is 14.3 Å². The molecule has 0 bridgehead atoms. The summed E-state index contributed by atoms with van der Waals surface area (Å²) in [7, 11) is 0. The molecule has 1 aromatic heterocycles. The molecule has 0 saturated carbocycles. The third-order valence-corrected chi connectivity index (χ3v) is 3.37. The fraction of sp³-hybridized carbons (Fsp3) is 0.278. The lowest BCUT2D eigenvalue weighted by Gasteiger charge is -2.21. The van der Waals surface area contributed by atoms with Crippen LogP contribution in [0.3, 0.4) is 0 Å². The molecule has 2 amide bonds. The first kappa shape index (κ1) is 17.5. The Balaban J connectivity index is 1.90. The predicted octanol–water partition coefficient (Wildman–Crippen LogP) is 2.51. The number of para-hydroxylation sites is 1. The molecular weight excluding hydrogens is 306 g/mol. The van der Waals surface area contributed by atoms with Crippen LogP contribution in [0.4, 0.5) is 4.79 Å². The SMILES string of the molecule is CC(C)[C@@H](NC(=O)Oc1ccccc1)C(=O)NCc1cccnc1. The van der Waals surface area contributed by atoms with Gasteiger partial charge in [0.05, 0.1) is 0 Å². The Morgan fingerprint density at radius 2 is 1.88 bits per heavy atom. The first-order valence-corrected chi connectivity index (χ1v) is 7.76. The number of nitrogens with zero attached hydrogens (tertiary/aromatic N) is 1. The fourth-order valence-corrected chi connectivity index (χ4v) is 2.09. The highest BCUT2D eigenvalue weighted by Gasteiger charge is 2.24. The summed E-state index contributed by atoms with van der Waals surface area (Å²) in [6.45, 7) is 4.07. The molecule has 0 spiro atoms. The number of benzene rings is 1. The number of hydrogen-bond donors (Lipinski definition) is 2. The van der Waals surface area contributed by atoms with Crippen molar-refractivity contribution in [2.24, 2.45) is 5.92 Å². The summed E-state index contributed by atoms with van der Waals surface area (Å²) >= 11 is 0. The monoisotopic (exact) mass is 327 g/mol. The van der Waals surface area contributed by atoms with Crippen molar-refractivity contribution in [1.82, 2.24) is 15.6 Å². The van der Waals surface area contributed by atoms with Gasteiger partial charge in [0, 0.05) is 18.9 Å². The van der Waals surface area contributed by atoms with Gasteiger partial charge >= 0.3 is 6.09 Å². The zero-order valence-corrected chi connectivity index (χ0v) is 13.7. The second kappa shape index (κ2) is 8.67. The molecule has 1 aromatic carbocycles. The van der Waals surface area contributed by atoms with Crippen molar-refractivity contribution in [1.29, 1.82) is 0 Å². The van der Waals surface area contributed by atoms with Gasteiger partial charge in [-0.15, -0.1) is 0 Å². The largest absolute Gasteiger partial charge is 0.413 e. The van der Waals surface area contributed by atoms with Gasteiger partial charge in [0.25, 0.3) is 0 Å². The zero-order chi connectivity index (χ0) is 17.4. The highest BCUT2D eigenvalue weighted by molar-refractivity contribution is 5.86. The lowest BCUT2D eigenvalue weighted by atomic mass is 10.0. The van der Waals surface area contributed by atoms with Crippen LogP contribution in [0.5, 0.6) is 5.75 Å². The Hall–Kier alpha value is -2.89. The Bertz CT molecular complexity index is 660. The maximum absolute atomic E-state index is 12.3. The van der Waals surface area contributed by atoms with Crippen molar-refractivity contribution >= 4 is 12.0 Å². The van der Waals surface area contributed by atoms with Gasteiger partial charge in [-0.1, -0.05) is 38.1 Å². The minimum absolute atomic E-state index is 0.0813. The average molecular weight is 327 g/mol. The van der Waals surface area contributed by atoms with E-state index in [2.05, 4.69) is 15.6 Å². The molecular formula is C18H21N3O3. The van der Waals surface area contributed by atoms with Crippen LogP contribution in [-0.2, 0) is 11.3 Å². The molecule has 126 valence electrons. The van der Waals surface area contributed by atoms with Crippen LogP contribution in [0.1, 0.15) is 19.4 Å². The number of ether oxygens (including phenoxy) is 1. The molecule has 0 fully saturated rings. The van der Waals surface area contributed by atoms with Gasteiger partial charge in [-0.3, -0.25) is 9.78 Å². The van der Waals surface area contributed by atoms with Crippen molar-refractivity contribution in [2.45, 2.75) is 26.4 Å². The Kier molecular flexibility index (Phi) is 6.31. The van der Waals surface area contributed by atoms with Crippen molar-refractivity contribution in [3.63, 3.8) is 0 Å². The Morgan fingerprint density at radius 3 is 2.50 bits per heavy atom. The van der Waals surface area contributed by atoms with E-state index in [9.17, 15) is 9.59 Å². The number of pyridine rings is 1. The van der Waals surface area contributed by atoms with Gasteiger partial charge < -0.3 is 15.4 Å². The number of rotatable bonds is 6. The molecule has 0 aliphatic carbocycles. The number of amides is 2. The summed E-state index contributed by atoms with van der Waals surface area (Å²) in [4.78, 5) is 28.3. The fourth-order valence-electron chi connectivity index (χ4n) is 2.09. The van der Waals surface area contributed by atoms with Crippen molar-refractivity contribution in [2.75, 3.05) is 0 Å². The average Bonchev–Trinajstić information content (AvgIpc) is 2.59. The molecule has 0 saturated heterocycles. The van der Waals surface area contributed by atoms with Crippen LogP contribution in [0.25, 0.3) is 0 Å². The molecule has 0 aliphatic heterocycles. The first-order valence-electron chi connectivity index (χ1n) is 7.76. The molecule has 0 aliphatic rings. The third-order valence-electron chi connectivity index (χ3n) is 3.37. The number of aromatic nitrogens is 1. The van der Waals surface area contributed by atoms with Gasteiger partial charge in [0.15, 0.2) is 0 Å². The van der Waals surface area contributed by atoms with E-state index >= 15 is 0 Å². The molecule has 6 nitrogen and oxygen atoms in total. The molecule has 0 unspecified atom stereocenters. The van der Waals surface area contributed by atoms with Crippen LogP contribution >= 0.6 is 0 Å². The van der Waals surface area contributed by atoms with E-state index in [1.165, 1.54) is 0 Å². The van der Waals surface area contributed by atoms with Gasteiger partial charge in [-0.05, 0) is 29.7 Å². The minimum atomic E-state index is -0.683. The van der Waals surface area contributed by atoms with Gasteiger partial charge in [0.1, 0.15) is 11.8 Å². The lowest BCUT2D eigenvalue weighted by molar-refractivity contribution is -0.124. The molecule has 2 rings (SSSR count). The topological polar surface area (TPSA) is 80.3 Å². The second-order valence-corrected chi connectivity index (χ2v) is 5.65. The number of carbonyl (C=O) groups excluding carboxylic acids is 2. The predicted molar refractivity (Wildman–Crippen MR) is 90.3 cm³/mol. The van der Waals surface area contributed by atoms with Gasteiger partial charge in [-0.25, -0.2) is 4.79 Å². The highest BCUT2D eigenvalue weighted by Crippen LogP contribution is 2.09. The van der Waals surface area contributed by atoms with E-state index in [0.29, 0.717) is 12.3 Å². The van der Waals surface area contributed by atoms with E-state index in [4.69, 9.17) is 4.74 Å². The molecule has 24 heavy (non-hydrogen) atoms. The summed E-state index contributed by atoms with van der Waals surface area (Å²) < 4.78 is 5.17. The molecule has 6 heteroatoms. The van der Waals surface area contributed by atoms with E-state index in [0.717, 1.165) is 5.56 Å². The number of carbonyl (C=O) groups is 2. The second-order valence-electron chi connectivity index (χ2n) is 5.65. The third kappa shape index (κ3) is 5.39. The number of hydrogen-bond acceptors (Lipinski definition) is 4. The standard InChI is InChI=1S/C18H21N3O3/c1-13(2)16(17(22)20-12-14-7-6-10-19-11-14)21-18(23)24-15-8-4-3-5-9-15/h3-11,13,16H,12H2,1-2H3,(H,20,22)(H,21,23)/t16-/m1/s1. The van der Waals surface area contributed by atoms with Crippen LogP contribution in [0, 0.1) is 5.92 Å². The van der Waals surface area contributed by atoms with Crippen LogP contribution in [0.2, 0.25) is 0 Å². The summed E-state index contributed by atoms with van der Waals surface area (Å²) in [6.07, 6.45) is 2.70. The summed E-state index contributed by atoms with van der Waals surface area (Å²) in [5, 5.41) is 5.41. The smallest absolute Gasteiger partial charge is 0.410 e. The van der Waals surface area contributed by atoms with Crippen LogP contribution in [-0.4, -0.2) is 23.0 Å². The van der Waals surface area contributed by atoms with E-state index < -0.39 is 12.1 Å². The zero-order valence-electron chi connectivity index (χ0n) is 13.7. The maximum Gasteiger partial charge on any atom is 0.413 e. The number of nitrogens with one attached hydrogen (secondary N) is 2. The van der Waals surface area contributed by atoms with Crippen LogP contribution in [0.15, 0.2) is 54.9 Å². The highest BCUT2D eigenvalue weighted by atomic mass is 16.6. The van der Waals surface area contributed by atoms with Crippen molar-refractivity contribution in [3.05, 3.63) is 60.4 Å². The Morgan fingerprint density at radius 1 is 1.12 bits per heavy atom. The molecule has 0 radical (unpaired) electrons. The molecule has 2 aromatic rings. The maximum atomic E-state index is 12.3. The summed E-state index contributed by atoms with van der Waals surface area (Å²) in [5.74, 6) is 0.0781. The van der Waals surface area contributed by atoms with E-state index in [-0.39, 0.29) is 11.8 Å². The molecule has 1 heterocycles. The summed E-state index contributed by atoms with van der Waals surface area (Å²) in [5.41, 5.74) is 0.889. The lowest BCUT2D eigenvalue weighted by Crippen LogP contribution is -2.50. The van der Waals surface area contributed by atoms with Crippen LogP contribution < -0.4 is 15.4 Å². The molecule has 2 N–H and O–H groups in total. The Labute approximate surface area is 141 Å². The van der Waals surface area contributed by atoms with Gasteiger partial charge in [-0.2, -0.15) is 0 Å². The normalized spacial score (nSPS) is 11.6. The first-order chi connectivity index (χ1) is 11.6. The molecule has 1 atom stereocenters. The van der Waals surface area contributed by atoms with Crippen molar-refractivity contribution in [3.8, 4) is 5.75 Å². The minimum Gasteiger partial charge on any atom is -0.410 e. The van der Waals surface area contributed by atoms with E-state index in [1.807, 2.05) is 26.0 Å². The quantitative estimate of drug-likeness (QED) is 0.854. The summed E-state index contributed by atoms with van der Waals surface area (Å²) in [6, 6.07) is 11.7. The van der Waals surface area contributed by atoms with Gasteiger partial charge in [0.2, 0.25) is 5.91 Å². The van der Waals surface area contributed by atoms with E-state index in [1.54, 1.807) is 42.7 Å².